The second kappa shape index (κ2) is 13.5. The molecule has 1 aliphatic heterocycles. The summed E-state index contributed by atoms with van der Waals surface area (Å²) in [6.07, 6.45) is 2.29. The molecular weight excluding hydrogens is 520 g/mol. The van der Waals surface area contributed by atoms with Crippen LogP contribution in [0.2, 0.25) is 5.02 Å². The zero-order chi connectivity index (χ0) is 27.8. The number of rotatable bonds is 12. The van der Waals surface area contributed by atoms with Crippen LogP contribution in [0.15, 0.2) is 59.0 Å². The lowest BCUT2D eigenvalue weighted by Crippen LogP contribution is -2.46. The maximum atomic E-state index is 13.8. The van der Waals surface area contributed by atoms with Crippen LogP contribution in [0.5, 0.6) is 11.5 Å². The number of hydrogen-bond donors (Lipinski definition) is 0. The van der Waals surface area contributed by atoms with E-state index in [1.807, 2.05) is 37.3 Å². The summed E-state index contributed by atoms with van der Waals surface area (Å²) in [5.41, 5.74) is 1.47. The molecule has 1 saturated heterocycles. The number of nitrogens with zero attached hydrogens (tertiary/aromatic N) is 2. The number of carbonyl (C=O) groups excluding carboxylic acids is 2. The minimum atomic E-state index is -0.232. The van der Waals surface area contributed by atoms with Gasteiger partial charge in [-0.15, -0.1) is 0 Å². The van der Waals surface area contributed by atoms with Crippen molar-refractivity contribution in [3.63, 3.8) is 0 Å². The van der Waals surface area contributed by atoms with E-state index in [9.17, 15) is 9.59 Å². The highest BCUT2D eigenvalue weighted by Gasteiger charge is 2.27. The van der Waals surface area contributed by atoms with Crippen molar-refractivity contribution in [3.05, 3.63) is 82.3 Å². The molecule has 39 heavy (non-hydrogen) atoms. The summed E-state index contributed by atoms with van der Waals surface area (Å²) in [7, 11) is 3.19. The van der Waals surface area contributed by atoms with Crippen LogP contribution in [-0.2, 0) is 22.5 Å². The highest BCUT2D eigenvalue weighted by atomic mass is 35.5. The van der Waals surface area contributed by atoms with Gasteiger partial charge in [0, 0.05) is 30.3 Å². The summed E-state index contributed by atoms with van der Waals surface area (Å²) >= 11 is 6.03. The van der Waals surface area contributed by atoms with Gasteiger partial charge in [0.1, 0.15) is 18.1 Å². The van der Waals surface area contributed by atoms with Crippen molar-refractivity contribution in [1.29, 1.82) is 0 Å². The number of halogens is 1. The summed E-state index contributed by atoms with van der Waals surface area (Å²) < 4.78 is 22.4. The molecule has 0 radical (unpaired) electrons. The molecule has 9 heteroatoms. The zero-order valence-corrected chi connectivity index (χ0v) is 23.4. The van der Waals surface area contributed by atoms with E-state index in [2.05, 4.69) is 0 Å². The van der Waals surface area contributed by atoms with E-state index in [1.165, 1.54) is 0 Å². The van der Waals surface area contributed by atoms with E-state index in [4.69, 9.17) is 30.2 Å². The average Bonchev–Trinajstić information content (AvgIpc) is 3.61. The zero-order valence-electron chi connectivity index (χ0n) is 22.7. The minimum absolute atomic E-state index is 0.0764. The number of benzene rings is 2. The van der Waals surface area contributed by atoms with Gasteiger partial charge in [0.2, 0.25) is 5.91 Å². The predicted molar refractivity (Wildman–Crippen MR) is 148 cm³/mol. The van der Waals surface area contributed by atoms with Crippen LogP contribution in [0.1, 0.15) is 40.3 Å². The Morgan fingerprint density at radius 1 is 1.00 bits per heavy atom. The molecule has 0 N–H and O–H groups in total. The molecule has 0 aliphatic carbocycles. The molecule has 1 aliphatic rings. The average molecular weight is 555 g/mol. The van der Waals surface area contributed by atoms with Gasteiger partial charge in [-0.25, -0.2) is 0 Å². The molecule has 1 atom stereocenters. The number of methoxy groups -OCH3 is 2. The first-order valence-electron chi connectivity index (χ1n) is 13.1. The van der Waals surface area contributed by atoms with Gasteiger partial charge in [-0.05, 0) is 80.3 Å². The molecule has 2 aromatic carbocycles. The van der Waals surface area contributed by atoms with Crippen LogP contribution in [0.4, 0.5) is 0 Å². The molecule has 4 rings (SSSR count). The van der Waals surface area contributed by atoms with Crippen molar-refractivity contribution in [2.45, 2.75) is 38.8 Å². The predicted octanol–water partition coefficient (Wildman–Crippen LogP) is 5.15. The lowest BCUT2D eigenvalue weighted by Gasteiger charge is -2.29. The van der Waals surface area contributed by atoms with Gasteiger partial charge >= 0.3 is 0 Å². The second-order valence-electron chi connectivity index (χ2n) is 9.59. The normalized spacial score (nSPS) is 14.7. The van der Waals surface area contributed by atoms with Gasteiger partial charge in [-0.2, -0.15) is 0 Å². The summed E-state index contributed by atoms with van der Waals surface area (Å²) in [4.78, 5) is 30.6. The van der Waals surface area contributed by atoms with Gasteiger partial charge in [0.15, 0.2) is 11.5 Å². The van der Waals surface area contributed by atoms with Crippen molar-refractivity contribution >= 4 is 23.4 Å². The van der Waals surface area contributed by atoms with Crippen LogP contribution in [-0.4, -0.2) is 68.2 Å². The second-order valence-corrected chi connectivity index (χ2v) is 10.0. The highest BCUT2D eigenvalue weighted by Crippen LogP contribution is 2.28. The number of aryl methyl sites for hydroxylation is 1. The quantitative estimate of drug-likeness (QED) is 0.308. The molecule has 0 saturated carbocycles. The lowest BCUT2D eigenvalue weighted by atomic mass is 10.1. The Hall–Kier alpha value is -3.49. The third-order valence-electron chi connectivity index (χ3n) is 6.77. The van der Waals surface area contributed by atoms with Crippen molar-refractivity contribution in [2.24, 2.45) is 0 Å². The smallest absolute Gasteiger partial charge is 0.254 e. The fourth-order valence-electron chi connectivity index (χ4n) is 4.64. The Bertz CT molecular complexity index is 1250. The maximum Gasteiger partial charge on any atom is 0.254 e. The standard InChI is InChI=1S/C30H35ClN2O6/c1-21-6-12-26(39-21)19-32(15-14-22-7-13-27(36-2)28(17-22)37-3)29(34)20-33(18-25-5-4-16-38-25)30(35)23-8-10-24(31)11-9-23/h6-13,17,25H,4-5,14-16,18-20H2,1-3H3. The molecule has 208 valence electrons. The number of amides is 2. The van der Waals surface area contributed by atoms with E-state index in [0.717, 1.165) is 24.2 Å². The first kappa shape index (κ1) is 28.5. The molecule has 1 aromatic heterocycles. The molecule has 8 nitrogen and oxygen atoms in total. The number of ether oxygens (including phenoxy) is 3. The van der Waals surface area contributed by atoms with Gasteiger partial charge < -0.3 is 28.4 Å². The van der Waals surface area contributed by atoms with E-state index >= 15 is 0 Å². The third-order valence-corrected chi connectivity index (χ3v) is 7.02. The van der Waals surface area contributed by atoms with Crippen LogP contribution in [0.25, 0.3) is 0 Å². The van der Waals surface area contributed by atoms with Crippen LogP contribution in [0, 0.1) is 6.92 Å². The van der Waals surface area contributed by atoms with E-state index in [1.54, 1.807) is 48.3 Å². The van der Waals surface area contributed by atoms with E-state index < -0.39 is 0 Å². The Kier molecular flexibility index (Phi) is 9.90. The number of furan rings is 1. The van der Waals surface area contributed by atoms with E-state index in [0.29, 0.717) is 60.5 Å². The molecular formula is C30H35ClN2O6. The van der Waals surface area contributed by atoms with Gasteiger partial charge in [-0.3, -0.25) is 9.59 Å². The SMILES string of the molecule is COc1ccc(CCN(Cc2ccc(C)o2)C(=O)CN(CC2CCCO2)C(=O)c2ccc(Cl)cc2)cc1OC. The third kappa shape index (κ3) is 7.77. The van der Waals surface area contributed by atoms with Crippen LogP contribution < -0.4 is 9.47 Å². The molecule has 2 heterocycles. The summed E-state index contributed by atoms with van der Waals surface area (Å²) in [6, 6.07) is 16.2. The fraction of sp³-hybridized carbons (Fsp3) is 0.400. The Morgan fingerprint density at radius 3 is 2.41 bits per heavy atom. The maximum absolute atomic E-state index is 13.8. The first-order valence-corrected chi connectivity index (χ1v) is 13.4. The van der Waals surface area contributed by atoms with Gasteiger partial charge in [0.05, 0.1) is 26.9 Å². The Labute approximate surface area is 234 Å². The van der Waals surface area contributed by atoms with E-state index in [-0.39, 0.29) is 24.5 Å². The molecule has 0 bridgehead atoms. The largest absolute Gasteiger partial charge is 0.493 e. The van der Waals surface area contributed by atoms with Crippen molar-refractivity contribution < 1.29 is 28.2 Å². The van der Waals surface area contributed by atoms with Crippen LogP contribution >= 0.6 is 11.6 Å². The fourth-order valence-corrected chi connectivity index (χ4v) is 4.77. The van der Waals surface area contributed by atoms with Gasteiger partial charge in [-0.1, -0.05) is 17.7 Å². The van der Waals surface area contributed by atoms with Crippen LogP contribution in [0.3, 0.4) is 0 Å². The number of hydrogen-bond acceptors (Lipinski definition) is 6. The summed E-state index contributed by atoms with van der Waals surface area (Å²) in [5, 5.41) is 0.545. The summed E-state index contributed by atoms with van der Waals surface area (Å²) in [5.74, 6) is 2.32. The lowest BCUT2D eigenvalue weighted by molar-refractivity contribution is -0.133. The molecule has 1 unspecified atom stereocenters. The van der Waals surface area contributed by atoms with Crippen molar-refractivity contribution in [2.75, 3.05) is 40.5 Å². The monoisotopic (exact) mass is 554 g/mol. The topological polar surface area (TPSA) is 81.5 Å². The summed E-state index contributed by atoms with van der Waals surface area (Å²) in [6.45, 7) is 3.52. The highest BCUT2D eigenvalue weighted by molar-refractivity contribution is 6.30. The van der Waals surface area contributed by atoms with Crippen molar-refractivity contribution in [3.8, 4) is 11.5 Å². The van der Waals surface area contributed by atoms with Crippen molar-refractivity contribution in [1.82, 2.24) is 9.80 Å². The molecule has 2 amide bonds. The number of carbonyl (C=O) groups is 2. The first-order chi connectivity index (χ1) is 18.9. The molecule has 3 aromatic rings. The Morgan fingerprint density at radius 2 is 1.77 bits per heavy atom. The molecule has 0 spiro atoms. The van der Waals surface area contributed by atoms with Gasteiger partial charge in [0.25, 0.3) is 5.91 Å². The Balaban J connectivity index is 1.53. The minimum Gasteiger partial charge on any atom is -0.493 e. The molecule has 1 fully saturated rings.